The molecule has 6 N–H and O–H groups in total. The number of carbonyl (C=O) groups excluding carboxylic acids is 2. The van der Waals surface area contributed by atoms with Crippen LogP contribution in [0.3, 0.4) is 0 Å². The molecule has 2 aromatic rings. The number of hydrazine groups is 1. The van der Waals surface area contributed by atoms with E-state index in [2.05, 4.69) is 10.7 Å². The van der Waals surface area contributed by atoms with Crippen molar-refractivity contribution in [3.8, 4) is 0 Å². The lowest BCUT2D eigenvalue weighted by Gasteiger charge is -2.34. The Hall–Kier alpha value is -3.55. The Kier molecular flexibility index (Phi) is 14.0. The van der Waals surface area contributed by atoms with Crippen LogP contribution in [0, 0.1) is 25.7 Å². The van der Waals surface area contributed by atoms with Gasteiger partial charge in [0.2, 0.25) is 0 Å². The molecule has 0 radical (unpaired) electrons. The van der Waals surface area contributed by atoms with E-state index >= 15 is 0 Å². The van der Waals surface area contributed by atoms with Gasteiger partial charge in [-0.25, -0.2) is 24.2 Å². The molecular formula is C31H44F2N6O4S. The molecule has 2 aromatic carbocycles. The average molecular weight is 635 g/mol. The first-order chi connectivity index (χ1) is 21.1. The fourth-order valence-corrected chi connectivity index (χ4v) is 4.93. The Morgan fingerprint density at radius 3 is 1.66 bits per heavy atom. The van der Waals surface area contributed by atoms with Gasteiger partial charge in [-0.1, -0.05) is 59.7 Å². The minimum atomic E-state index is -1.13. The van der Waals surface area contributed by atoms with Gasteiger partial charge in [0.1, 0.15) is 25.6 Å². The first-order valence-electron chi connectivity index (χ1n) is 14.8. The number of piperidine rings is 2. The number of halogens is 2. The number of benzene rings is 2. The van der Waals surface area contributed by atoms with Gasteiger partial charge >= 0.3 is 12.2 Å². The molecule has 2 fully saturated rings. The lowest BCUT2D eigenvalue weighted by Crippen LogP contribution is -2.49. The van der Waals surface area contributed by atoms with Crippen molar-refractivity contribution < 1.29 is 27.8 Å². The summed E-state index contributed by atoms with van der Waals surface area (Å²) in [5.41, 5.74) is 11.9. The van der Waals surface area contributed by atoms with Crippen molar-refractivity contribution in [2.24, 2.45) is 23.4 Å². The Bertz CT molecular complexity index is 1210. The van der Waals surface area contributed by atoms with E-state index in [4.69, 9.17) is 33.3 Å². The third-order valence-corrected chi connectivity index (χ3v) is 8.06. The highest BCUT2D eigenvalue weighted by atomic mass is 32.1. The Morgan fingerprint density at radius 2 is 1.27 bits per heavy atom. The molecule has 4 atom stereocenters. The molecule has 2 amide bonds. The predicted octanol–water partition coefficient (Wildman–Crippen LogP) is 3.88. The summed E-state index contributed by atoms with van der Waals surface area (Å²) >= 11 is 4.86. The van der Waals surface area contributed by atoms with Crippen LogP contribution in [0.5, 0.6) is 0 Å². The van der Waals surface area contributed by atoms with Gasteiger partial charge in [-0.05, 0) is 56.6 Å². The van der Waals surface area contributed by atoms with Crippen LogP contribution < -0.4 is 22.3 Å². The fourth-order valence-electron chi connectivity index (χ4n) is 4.85. The number of nitrogens with zero attached hydrogens (tertiary/aromatic N) is 2. The molecule has 2 aliphatic heterocycles. The second kappa shape index (κ2) is 17.7. The van der Waals surface area contributed by atoms with Gasteiger partial charge in [0.25, 0.3) is 0 Å². The number of likely N-dealkylation sites (tertiary alicyclic amines) is 2. The molecule has 0 aliphatic carbocycles. The topological polar surface area (TPSA) is 135 Å². The minimum absolute atomic E-state index is 0.0297. The van der Waals surface area contributed by atoms with Crippen molar-refractivity contribution in [1.29, 1.82) is 0 Å². The van der Waals surface area contributed by atoms with Gasteiger partial charge in [0, 0.05) is 31.5 Å². The standard InChI is InChI=1S/C16H23FN4O2S.C15H21FN2O2/c1-11-2-4-12(5-3-11)10-23-16(22)21-7-6-13(14(17)9-21)8-19-15(24)20-18;1-11-2-4-12(5-3-11)10-20-15(19)18-7-6-13(8-17)14(16)9-18/h2-5,13-14H,6-10,18H2,1H3,(H2,19,20,24);2-5,13-14H,6-10,17H2,1H3/t2*13-,14-/m11/s1. The van der Waals surface area contributed by atoms with Gasteiger partial charge in [-0.2, -0.15) is 0 Å². The zero-order valence-electron chi connectivity index (χ0n) is 25.3. The Balaban J connectivity index is 0.000000244. The van der Waals surface area contributed by atoms with E-state index in [-0.39, 0.29) is 43.3 Å². The van der Waals surface area contributed by atoms with E-state index in [1.54, 1.807) is 0 Å². The first kappa shape index (κ1) is 34.9. The smallest absolute Gasteiger partial charge is 0.410 e. The van der Waals surface area contributed by atoms with Gasteiger partial charge < -0.3 is 35.7 Å². The summed E-state index contributed by atoms with van der Waals surface area (Å²) in [6, 6.07) is 15.5. The lowest BCUT2D eigenvalue weighted by molar-refractivity contribution is 0.0526. The number of hydrogen-bond acceptors (Lipinski definition) is 7. The van der Waals surface area contributed by atoms with E-state index in [9.17, 15) is 18.4 Å². The van der Waals surface area contributed by atoms with Crippen LogP contribution in [0.1, 0.15) is 35.1 Å². The average Bonchev–Trinajstić information content (AvgIpc) is 3.03. The van der Waals surface area contributed by atoms with Crippen LogP contribution >= 0.6 is 12.2 Å². The molecule has 0 bridgehead atoms. The zero-order valence-corrected chi connectivity index (χ0v) is 26.2. The molecule has 4 rings (SSSR count). The number of nitrogens with two attached hydrogens (primary N) is 2. The van der Waals surface area contributed by atoms with Crippen LogP contribution in [0.2, 0.25) is 0 Å². The van der Waals surface area contributed by atoms with Crippen LogP contribution in [0.15, 0.2) is 48.5 Å². The first-order valence-corrected chi connectivity index (χ1v) is 15.2. The van der Waals surface area contributed by atoms with Crippen molar-refractivity contribution in [2.75, 3.05) is 39.3 Å². The lowest BCUT2D eigenvalue weighted by atomic mass is 9.95. The van der Waals surface area contributed by atoms with E-state index < -0.39 is 24.5 Å². The zero-order chi connectivity index (χ0) is 32.1. The maximum Gasteiger partial charge on any atom is 0.410 e. The molecule has 44 heavy (non-hydrogen) atoms. The SMILES string of the molecule is Cc1ccc(COC(=O)N2CC[C@H](CN)[C@H](F)C2)cc1.Cc1ccc(COC(=O)N2CC[C@H](CNC(=S)NN)[C@H](F)C2)cc1. The second-order valence-corrected chi connectivity index (χ2v) is 11.6. The Labute approximate surface area is 263 Å². The number of amides is 2. The number of ether oxygens (including phenoxy) is 2. The highest BCUT2D eigenvalue weighted by molar-refractivity contribution is 7.80. The largest absolute Gasteiger partial charge is 0.445 e. The number of nitrogens with one attached hydrogen (secondary N) is 2. The number of thiocarbonyl (C=S) groups is 1. The van der Waals surface area contributed by atoms with E-state index in [1.807, 2.05) is 62.4 Å². The monoisotopic (exact) mass is 634 g/mol. The molecule has 0 spiro atoms. The van der Waals surface area contributed by atoms with Gasteiger partial charge in [-0.3, -0.25) is 0 Å². The molecule has 2 heterocycles. The highest BCUT2D eigenvalue weighted by Crippen LogP contribution is 2.22. The van der Waals surface area contributed by atoms with Gasteiger partial charge in [0.15, 0.2) is 5.11 Å². The second-order valence-electron chi connectivity index (χ2n) is 11.2. The summed E-state index contributed by atoms with van der Waals surface area (Å²) in [5.74, 6) is 4.80. The van der Waals surface area contributed by atoms with E-state index in [0.717, 1.165) is 22.3 Å². The summed E-state index contributed by atoms with van der Waals surface area (Å²) in [5, 5.41) is 3.13. The minimum Gasteiger partial charge on any atom is -0.445 e. The molecular weight excluding hydrogens is 590 g/mol. The molecule has 0 aromatic heterocycles. The van der Waals surface area contributed by atoms with E-state index in [1.165, 1.54) is 9.80 Å². The predicted molar refractivity (Wildman–Crippen MR) is 169 cm³/mol. The summed E-state index contributed by atoms with van der Waals surface area (Å²) in [6.45, 7) is 6.18. The summed E-state index contributed by atoms with van der Waals surface area (Å²) < 4.78 is 38.5. The summed E-state index contributed by atoms with van der Waals surface area (Å²) in [6.07, 6.45) is -1.98. The quantitative estimate of drug-likeness (QED) is 0.203. The molecule has 13 heteroatoms. The summed E-state index contributed by atoms with van der Waals surface area (Å²) in [7, 11) is 0. The van der Waals surface area contributed by atoms with Crippen LogP contribution in [0.4, 0.5) is 18.4 Å². The highest BCUT2D eigenvalue weighted by Gasteiger charge is 2.33. The maximum absolute atomic E-state index is 14.2. The normalized spacial score (nSPS) is 21.4. The van der Waals surface area contributed by atoms with E-state index in [0.29, 0.717) is 39.0 Å². The number of rotatable bonds is 7. The number of hydrogen-bond donors (Lipinski definition) is 4. The fraction of sp³-hybridized carbons (Fsp3) is 0.516. The Morgan fingerprint density at radius 1 is 0.841 bits per heavy atom. The molecule has 2 aliphatic rings. The van der Waals surface area contributed by atoms with Crippen LogP contribution in [-0.2, 0) is 22.7 Å². The van der Waals surface area contributed by atoms with Crippen molar-refractivity contribution in [3.63, 3.8) is 0 Å². The molecule has 2 saturated heterocycles. The third kappa shape index (κ3) is 11.2. The van der Waals surface area contributed by atoms with Gasteiger partial charge in [0.05, 0.1) is 13.1 Å². The van der Waals surface area contributed by atoms with Crippen molar-refractivity contribution in [1.82, 2.24) is 20.5 Å². The molecule has 242 valence electrons. The van der Waals surface area contributed by atoms with Crippen molar-refractivity contribution in [3.05, 3.63) is 70.8 Å². The maximum atomic E-state index is 14.2. The van der Waals surface area contributed by atoms with Crippen molar-refractivity contribution in [2.45, 2.75) is 52.2 Å². The number of alkyl halides is 2. The van der Waals surface area contributed by atoms with Gasteiger partial charge in [-0.15, -0.1) is 0 Å². The van der Waals surface area contributed by atoms with Crippen LogP contribution in [0.25, 0.3) is 0 Å². The molecule has 10 nitrogen and oxygen atoms in total. The van der Waals surface area contributed by atoms with Crippen LogP contribution in [-0.4, -0.2) is 78.7 Å². The van der Waals surface area contributed by atoms with Crippen molar-refractivity contribution >= 4 is 29.5 Å². The number of aryl methyl sites for hydroxylation is 2. The molecule has 0 unspecified atom stereocenters. The molecule has 0 saturated carbocycles. The third-order valence-electron chi connectivity index (χ3n) is 7.79. The summed E-state index contributed by atoms with van der Waals surface area (Å²) in [4.78, 5) is 26.8. The number of carbonyl (C=O) groups is 2.